The van der Waals surface area contributed by atoms with Crippen molar-refractivity contribution in [1.29, 1.82) is 0 Å². The first-order chi connectivity index (χ1) is 4.30. The molecular formula is C7H6ReS2. The van der Waals surface area contributed by atoms with Crippen LogP contribution in [0, 0.1) is 0 Å². The van der Waals surface area contributed by atoms with E-state index >= 15 is 0 Å². The van der Waals surface area contributed by atoms with Crippen molar-refractivity contribution in [1.82, 2.24) is 0 Å². The van der Waals surface area contributed by atoms with Crippen molar-refractivity contribution in [2.75, 3.05) is 0 Å². The van der Waals surface area contributed by atoms with Crippen LogP contribution in [0.3, 0.4) is 0 Å². The van der Waals surface area contributed by atoms with Gasteiger partial charge in [-0.05, 0) is 5.56 Å². The number of thiol groups is 1. The first-order valence-electron chi connectivity index (χ1n) is 2.59. The predicted molar refractivity (Wildman–Crippen MR) is 47.1 cm³/mol. The van der Waals surface area contributed by atoms with Gasteiger partial charge in [-0.3, -0.25) is 0 Å². The fourth-order valence-electron chi connectivity index (χ4n) is 0.581. The summed E-state index contributed by atoms with van der Waals surface area (Å²) >= 11 is 8.85. The molecule has 1 aromatic carbocycles. The van der Waals surface area contributed by atoms with E-state index in [0.717, 1.165) is 5.56 Å². The summed E-state index contributed by atoms with van der Waals surface area (Å²) in [5.74, 6) is 0. The van der Waals surface area contributed by atoms with Gasteiger partial charge in [0.25, 0.3) is 0 Å². The normalized spacial score (nSPS) is 8.10. The molecule has 0 heterocycles. The smallest absolute Gasteiger partial charge is 0.0747 e. The maximum Gasteiger partial charge on any atom is 0.0747 e. The van der Waals surface area contributed by atoms with Crippen molar-refractivity contribution in [3.8, 4) is 0 Å². The van der Waals surface area contributed by atoms with Crippen LogP contribution in [0.1, 0.15) is 5.56 Å². The molecule has 0 N–H and O–H groups in total. The van der Waals surface area contributed by atoms with Gasteiger partial charge < -0.3 is 0 Å². The Labute approximate surface area is 85.1 Å². The maximum atomic E-state index is 4.83. The summed E-state index contributed by atoms with van der Waals surface area (Å²) in [7, 11) is 0. The summed E-state index contributed by atoms with van der Waals surface area (Å²) in [6.45, 7) is 0. The van der Waals surface area contributed by atoms with Gasteiger partial charge in [0.05, 0.1) is 4.20 Å². The van der Waals surface area contributed by atoms with E-state index < -0.39 is 0 Å². The van der Waals surface area contributed by atoms with E-state index in [9.17, 15) is 0 Å². The summed E-state index contributed by atoms with van der Waals surface area (Å²) in [6.07, 6.45) is 0. The molecule has 1 aromatic rings. The molecule has 0 aliphatic heterocycles. The molecule has 0 fully saturated rings. The Morgan fingerprint density at radius 1 is 1.20 bits per heavy atom. The van der Waals surface area contributed by atoms with Crippen LogP contribution in [0.5, 0.6) is 0 Å². The molecule has 3 heteroatoms. The molecule has 10 heavy (non-hydrogen) atoms. The van der Waals surface area contributed by atoms with Gasteiger partial charge in [-0.1, -0.05) is 42.5 Å². The second-order valence-electron chi connectivity index (χ2n) is 1.67. The van der Waals surface area contributed by atoms with E-state index in [-0.39, 0.29) is 20.4 Å². The zero-order chi connectivity index (χ0) is 6.69. The molecule has 0 bridgehead atoms. The monoisotopic (exact) mass is 341 g/mol. The van der Waals surface area contributed by atoms with Crippen LogP contribution in [0.15, 0.2) is 30.3 Å². The zero-order valence-electron chi connectivity index (χ0n) is 5.12. The van der Waals surface area contributed by atoms with E-state index in [1.54, 1.807) is 0 Å². The van der Waals surface area contributed by atoms with Gasteiger partial charge in [-0.15, -0.1) is 12.6 Å². The van der Waals surface area contributed by atoms with Crippen molar-refractivity contribution < 1.29 is 20.4 Å². The second kappa shape index (κ2) is 5.04. The minimum absolute atomic E-state index is 0. The third kappa shape index (κ3) is 2.94. The van der Waals surface area contributed by atoms with Crippen LogP contribution in [0.25, 0.3) is 0 Å². The Balaban J connectivity index is 0.000000810. The summed E-state index contributed by atoms with van der Waals surface area (Å²) < 4.78 is 0.649. The number of benzene rings is 1. The van der Waals surface area contributed by atoms with Crippen molar-refractivity contribution in [2.24, 2.45) is 0 Å². The van der Waals surface area contributed by atoms with E-state index in [4.69, 9.17) is 12.2 Å². The van der Waals surface area contributed by atoms with Gasteiger partial charge in [0.15, 0.2) is 0 Å². The molecule has 0 saturated carbocycles. The second-order valence-corrected chi connectivity index (χ2v) is 2.83. The Morgan fingerprint density at radius 2 is 1.70 bits per heavy atom. The number of hydrogen-bond acceptors (Lipinski definition) is 1. The topological polar surface area (TPSA) is 0 Å². The Kier molecular flexibility index (Phi) is 5.20. The SMILES string of the molecule is S=C(S)c1ccccc1.[Re]. The standard InChI is InChI=1S/C7H6S2.Re/c8-7(9)6-4-2-1-3-5-6;/h1-5H,(H,8,9);. The molecule has 0 nitrogen and oxygen atoms in total. The van der Waals surface area contributed by atoms with Gasteiger partial charge >= 0.3 is 0 Å². The van der Waals surface area contributed by atoms with Crippen LogP contribution >= 0.6 is 24.8 Å². The molecule has 53 valence electrons. The van der Waals surface area contributed by atoms with Crippen molar-refractivity contribution >= 4 is 29.0 Å². The van der Waals surface area contributed by atoms with Crippen LogP contribution in [-0.4, -0.2) is 4.20 Å². The van der Waals surface area contributed by atoms with Crippen LogP contribution in [-0.2, 0) is 20.4 Å². The number of rotatable bonds is 1. The Hall–Kier alpha value is 0.322. The molecule has 0 amide bonds. The largest absolute Gasteiger partial charge is 0.131 e. The fourth-order valence-corrected chi connectivity index (χ4v) is 0.866. The fraction of sp³-hybridized carbons (Fsp3) is 0. The van der Waals surface area contributed by atoms with Gasteiger partial charge in [-0.2, -0.15) is 0 Å². The summed E-state index contributed by atoms with van der Waals surface area (Å²) in [5, 5.41) is 0. The van der Waals surface area contributed by atoms with Gasteiger partial charge in [-0.25, -0.2) is 0 Å². The first-order valence-corrected chi connectivity index (χ1v) is 3.44. The average Bonchev–Trinajstić information content (AvgIpc) is 1.90. The molecule has 0 aromatic heterocycles. The molecule has 0 aliphatic carbocycles. The quantitative estimate of drug-likeness (QED) is 0.605. The summed E-state index contributed by atoms with van der Waals surface area (Å²) in [4.78, 5) is 0. The number of hydrogen-bond donors (Lipinski definition) is 1. The molecule has 0 spiro atoms. The van der Waals surface area contributed by atoms with Crippen LogP contribution < -0.4 is 0 Å². The average molecular weight is 340 g/mol. The molecular weight excluding hydrogens is 334 g/mol. The molecule has 0 unspecified atom stereocenters. The third-order valence-electron chi connectivity index (χ3n) is 1.02. The Morgan fingerprint density at radius 3 is 2.00 bits per heavy atom. The number of thiocarbonyl (C=S) groups is 1. The van der Waals surface area contributed by atoms with Crippen LogP contribution in [0.4, 0.5) is 0 Å². The van der Waals surface area contributed by atoms with E-state index in [1.165, 1.54) is 0 Å². The third-order valence-corrected chi connectivity index (χ3v) is 1.51. The first kappa shape index (κ1) is 10.3. The Bertz CT molecular complexity index is 208. The minimum atomic E-state index is 0. The van der Waals surface area contributed by atoms with Crippen LogP contribution in [0.2, 0.25) is 0 Å². The van der Waals surface area contributed by atoms with Crippen molar-refractivity contribution in [2.45, 2.75) is 0 Å². The molecule has 1 rings (SSSR count). The van der Waals surface area contributed by atoms with Gasteiger partial charge in [0.2, 0.25) is 0 Å². The molecule has 1 radical (unpaired) electrons. The molecule has 0 saturated heterocycles. The molecule has 0 aliphatic rings. The minimum Gasteiger partial charge on any atom is -0.131 e. The van der Waals surface area contributed by atoms with Crippen molar-refractivity contribution in [3.63, 3.8) is 0 Å². The van der Waals surface area contributed by atoms with E-state index in [2.05, 4.69) is 12.6 Å². The summed E-state index contributed by atoms with van der Waals surface area (Å²) in [5.41, 5.74) is 1.01. The van der Waals surface area contributed by atoms with E-state index in [1.807, 2.05) is 30.3 Å². The summed E-state index contributed by atoms with van der Waals surface area (Å²) in [6, 6.07) is 9.72. The van der Waals surface area contributed by atoms with Gasteiger partial charge in [0, 0.05) is 20.4 Å². The van der Waals surface area contributed by atoms with Gasteiger partial charge in [0.1, 0.15) is 0 Å². The zero-order valence-corrected chi connectivity index (χ0v) is 9.55. The maximum absolute atomic E-state index is 4.83. The molecule has 0 atom stereocenters. The van der Waals surface area contributed by atoms with E-state index in [0.29, 0.717) is 4.20 Å². The van der Waals surface area contributed by atoms with Crippen molar-refractivity contribution in [3.05, 3.63) is 35.9 Å². The predicted octanol–water partition coefficient (Wildman–Crippen LogP) is 2.29.